The van der Waals surface area contributed by atoms with E-state index in [9.17, 15) is 4.79 Å². The van der Waals surface area contributed by atoms with Crippen molar-refractivity contribution in [2.75, 3.05) is 12.3 Å². The Labute approximate surface area is 135 Å². The molecule has 1 atom stereocenters. The van der Waals surface area contributed by atoms with Crippen LogP contribution >= 0.6 is 11.8 Å². The molecule has 0 saturated heterocycles. The van der Waals surface area contributed by atoms with Crippen molar-refractivity contribution in [3.8, 4) is 0 Å². The maximum atomic E-state index is 12.6. The zero-order valence-corrected chi connectivity index (χ0v) is 13.6. The normalized spacial score (nSPS) is 17.3. The van der Waals surface area contributed by atoms with E-state index >= 15 is 0 Å². The van der Waals surface area contributed by atoms with E-state index < -0.39 is 0 Å². The number of carbonyl (C=O) groups is 1. The van der Waals surface area contributed by atoms with Gasteiger partial charge >= 0.3 is 0 Å². The third-order valence-electron chi connectivity index (χ3n) is 4.09. The van der Waals surface area contributed by atoms with E-state index in [4.69, 9.17) is 0 Å². The highest BCUT2D eigenvalue weighted by atomic mass is 32.2. The lowest BCUT2D eigenvalue weighted by Gasteiger charge is -2.36. The molecule has 0 N–H and O–H groups in total. The maximum absolute atomic E-state index is 12.6. The lowest BCUT2D eigenvalue weighted by molar-refractivity contribution is -0.132. The second kappa shape index (κ2) is 7.01. The van der Waals surface area contributed by atoms with Crippen molar-refractivity contribution in [2.24, 2.45) is 0 Å². The molecular formula is C17H21N3OS. The van der Waals surface area contributed by atoms with Gasteiger partial charge in [0.2, 0.25) is 5.91 Å². The zero-order valence-electron chi connectivity index (χ0n) is 12.8. The minimum atomic E-state index is 0.218. The molecule has 1 aliphatic heterocycles. The molecule has 0 bridgehead atoms. The summed E-state index contributed by atoms with van der Waals surface area (Å²) in [4.78, 5) is 18.7. The first-order chi connectivity index (χ1) is 10.8. The number of thioether (sulfide) groups is 1. The summed E-state index contributed by atoms with van der Waals surface area (Å²) in [6.45, 7) is 3.86. The van der Waals surface area contributed by atoms with Crippen LogP contribution in [0.4, 0.5) is 0 Å². The molecule has 1 aliphatic rings. The van der Waals surface area contributed by atoms with E-state index in [0.29, 0.717) is 5.75 Å². The summed E-state index contributed by atoms with van der Waals surface area (Å²) in [7, 11) is 0. The average Bonchev–Trinajstić information content (AvgIpc) is 3.03. The number of fused-ring (bicyclic) bond motifs is 1. The molecule has 0 aromatic carbocycles. The van der Waals surface area contributed by atoms with Gasteiger partial charge in [-0.25, -0.2) is 0 Å². The van der Waals surface area contributed by atoms with Crippen LogP contribution in [0.2, 0.25) is 0 Å². The average molecular weight is 315 g/mol. The van der Waals surface area contributed by atoms with Crippen molar-refractivity contribution in [3.63, 3.8) is 0 Å². The molecule has 116 valence electrons. The Morgan fingerprint density at radius 3 is 3.05 bits per heavy atom. The summed E-state index contributed by atoms with van der Waals surface area (Å²) in [5.74, 6) is 1.61. The van der Waals surface area contributed by atoms with Gasteiger partial charge < -0.3 is 9.47 Å². The van der Waals surface area contributed by atoms with Crippen molar-refractivity contribution >= 4 is 17.7 Å². The molecule has 2 aromatic rings. The van der Waals surface area contributed by atoms with Crippen LogP contribution < -0.4 is 0 Å². The van der Waals surface area contributed by atoms with Crippen LogP contribution in [0, 0.1) is 0 Å². The van der Waals surface area contributed by atoms with Crippen LogP contribution in [0.15, 0.2) is 42.9 Å². The quantitative estimate of drug-likeness (QED) is 0.851. The van der Waals surface area contributed by atoms with Crippen LogP contribution in [-0.4, -0.2) is 32.7 Å². The zero-order chi connectivity index (χ0) is 15.4. The fourth-order valence-electron chi connectivity index (χ4n) is 3.02. The molecule has 2 aromatic heterocycles. The molecule has 0 spiro atoms. The van der Waals surface area contributed by atoms with Gasteiger partial charge in [-0.2, -0.15) is 0 Å². The van der Waals surface area contributed by atoms with Crippen molar-refractivity contribution in [3.05, 3.63) is 54.1 Å². The standard InChI is InChI=1S/C17H21N3OS/c1-2-15-16-6-4-8-19(16)9-10-20(15)17(21)13-22-12-14-5-3-7-18-11-14/h3-8,11,15H,2,9-10,12-13H2,1H3/t15-/m1/s1. The van der Waals surface area contributed by atoms with Crippen molar-refractivity contribution in [2.45, 2.75) is 31.7 Å². The van der Waals surface area contributed by atoms with Gasteiger partial charge in [-0.1, -0.05) is 13.0 Å². The van der Waals surface area contributed by atoms with E-state index in [1.165, 1.54) is 11.3 Å². The fourth-order valence-corrected chi connectivity index (χ4v) is 3.86. The summed E-state index contributed by atoms with van der Waals surface area (Å²) in [6.07, 6.45) is 6.70. The minimum absolute atomic E-state index is 0.218. The van der Waals surface area contributed by atoms with Crippen LogP contribution in [0.1, 0.15) is 30.6 Å². The number of nitrogens with zero attached hydrogens (tertiary/aromatic N) is 3. The van der Waals surface area contributed by atoms with E-state index in [2.05, 4.69) is 34.8 Å². The van der Waals surface area contributed by atoms with Crippen molar-refractivity contribution < 1.29 is 4.79 Å². The third-order valence-corrected chi connectivity index (χ3v) is 5.08. The first-order valence-electron chi connectivity index (χ1n) is 7.70. The maximum Gasteiger partial charge on any atom is 0.233 e. The van der Waals surface area contributed by atoms with Gasteiger partial charge in [0.25, 0.3) is 0 Å². The fraction of sp³-hybridized carbons (Fsp3) is 0.412. The molecule has 4 nitrogen and oxygen atoms in total. The van der Waals surface area contributed by atoms with Gasteiger partial charge in [-0.15, -0.1) is 11.8 Å². The summed E-state index contributed by atoms with van der Waals surface area (Å²) in [5, 5.41) is 0. The predicted octanol–water partition coefficient (Wildman–Crippen LogP) is 3.11. The highest BCUT2D eigenvalue weighted by Gasteiger charge is 2.29. The Morgan fingerprint density at radius 1 is 1.36 bits per heavy atom. The molecule has 3 heterocycles. The van der Waals surface area contributed by atoms with Gasteiger partial charge in [-0.3, -0.25) is 9.78 Å². The Hall–Kier alpha value is -1.75. The number of hydrogen-bond donors (Lipinski definition) is 0. The molecule has 3 rings (SSSR count). The molecule has 0 saturated carbocycles. The lowest BCUT2D eigenvalue weighted by atomic mass is 10.1. The summed E-state index contributed by atoms with van der Waals surface area (Å²) in [5.41, 5.74) is 2.43. The first-order valence-corrected chi connectivity index (χ1v) is 8.86. The van der Waals surface area contributed by atoms with Crippen LogP contribution in [-0.2, 0) is 17.1 Å². The summed E-state index contributed by atoms with van der Waals surface area (Å²) < 4.78 is 2.26. The van der Waals surface area contributed by atoms with Crippen LogP contribution in [0.3, 0.4) is 0 Å². The summed E-state index contributed by atoms with van der Waals surface area (Å²) >= 11 is 1.67. The molecule has 0 fully saturated rings. The van der Waals surface area contributed by atoms with E-state index in [0.717, 1.165) is 25.3 Å². The smallest absolute Gasteiger partial charge is 0.233 e. The van der Waals surface area contributed by atoms with E-state index in [1.54, 1.807) is 18.0 Å². The Bertz CT molecular complexity index is 626. The van der Waals surface area contributed by atoms with Crippen LogP contribution in [0.5, 0.6) is 0 Å². The van der Waals surface area contributed by atoms with E-state index in [1.807, 2.05) is 23.2 Å². The molecule has 0 aliphatic carbocycles. The SMILES string of the molecule is CC[C@@H]1c2cccn2CCN1C(=O)CSCc1cccnc1. The Morgan fingerprint density at radius 2 is 2.27 bits per heavy atom. The highest BCUT2D eigenvalue weighted by Crippen LogP contribution is 2.29. The number of pyridine rings is 1. The summed E-state index contributed by atoms with van der Waals surface area (Å²) in [6, 6.07) is 8.41. The Balaban J connectivity index is 1.58. The molecule has 22 heavy (non-hydrogen) atoms. The third kappa shape index (κ3) is 3.19. The van der Waals surface area contributed by atoms with Crippen LogP contribution in [0.25, 0.3) is 0 Å². The van der Waals surface area contributed by atoms with Gasteiger partial charge in [0.05, 0.1) is 11.8 Å². The highest BCUT2D eigenvalue weighted by molar-refractivity contribution is 7.99. The molecule has 0 radical (unpaired) electrons. The predicted molar refractivity (Wildman–Crippen MR) is 89.6 cm³/mol. The second-order valence-corrected chi connectivity index (χ2v) is 6.48. The Kier molecular flexibility index (Phi) is 4.83. The number of aromatic nitrogens is 2. The van der Waals surface area contributed by atoms with E-state index in [-0.39, 0.29) is 11.9 Å². The van der Waals surface area contributed by atoms with Gasteiger partial charge in [0.15, 0.2) is 0 Å². The molecule has 0 unspecified atom stereocenters. The van der Waals surface area contributed by atoms with Gasteiger partial charge in [0.1, 0.15) is 0 Å². The number of rotatable bonds is 5. The lowest BCUT2D eigenvalue weighted by Crippen LogP contribution is -2.42. The molecular weight excluding hydrogens is 294 g/mol. The van der Waals surface area contributed by atoms with Crippen molar-refractivity contribution in [1.29, 1.82) is 0 Å². The topological polar surface area (TPSA) is 38.1 Å². The minimum Gasteiger partial charge on any atom is -0.348 e. The van der Waals surface area contributed by atoms with Crippen molar-refractivity contribution in [1.82, 2.24) is 14.5 Å². The second-order valence-electron chi connectivity index (χ2n) is 5.49. The van der Waals surface area contributed by atoms with Gasteiger partial charge in [0, 0.05) is 43.1 Å². The number of carbonyl (C=O) groups excluding carboxylic acids is 1. The first kappa shape index (κ1) is 15.2. The number of hydrogen-bond acceptors (Lipinski definition) is 3. The van der Waals surface area contributed by atoms with Gasteiger partial charge in [-0.05, 0) is 30.2 Å². The number of amides is 1. The molecule has 5 heteroatoms. The molecule has 1 amide bonds. The monoisotopic (exact) mass is 315 g/mol. The largest absolute Gasteiger partial charge is 0.348 e.